The van der Waals surface area contributed by atoms with Crippen LogP contribution in [0.25, 0.3) is 6.08 Å². The molecule has 2 aliphatic heterocycles. The molecular formula is C25H26FN5O6. The van der Waals surface area contributed by atoms with Crippen molar-refractivity contribution in [3.63, 3.8) is 0 Å². The summed E-state index contributed by atoms with van der Waals surface area (Å²) >= 11 is 0. The van der Waals surface area contributed by atoms with Gasteiger partial charge in [0.25, 0.3) is 5.69 Å². The molecule has 1 atom stereocenters. The predicted octanol–water partition coefficient (Wildman–Crippen LogP) is 2.56. The standard InChI is InChI=1S/C25H26FN5O6/c1-17(32)27-15-21-16-30(25(34)37-21)20-7-8-23(22(26)14-20)28-10-12-29(13-11-28)24(33)9-4-18-2-5-19(6-3-18)31(35)36/h2-9,14,21H,10-13,15-16H2,1H3,(H,27,32)/b9-4+/t21-/m0/s1. The molecule has 0 aromatic heterocycles. The summed E-state index contributed by atoms with van der Waals surface area (Å²) < 4.78 is 20.2. The Balaban J connectivity index is 1.32. The van der Waals surface area contributed by atoms with Crippen LogP contribution in [-0.2, 0) is 14.3 Å². The zero-order valence-corrected chi connectivity index (χ0v) is 20.1. The third kappa shape index (κ3) is 6.21. The Hall–Kier alpha value is -4.48. The molecule has 37 heavy (non-hydrogen) atoms. The quantitative estimate of drug-likeness (QED) is 0.344. The molecule has 0 bridgehead atoms. The van der Waals surface area contributed by atoms with E-state index in [9.17, 15) is 28.9 Å². The third-order valence-electron chi connectivity index (χ3n) is 6.15. The van der Waals surface area contributed by atoms with Gasteiger partial charge in [-0.25, -0.2) is 9.18 Å². The van der Waals surface area contributed by atoms with Gasteiger partial charge in [-0.15, -0.1) is 0 Å². The number of halogens is 1. The Morgan fingerprint density at radius 3 is 2.49 bits per heavy atom. The first-order valence-electron chi connectivity index (χ1n) is 11.7. The molecule has 12 heteroatoms. The number of benzene rings is 2. The molecule has 11 nitrogen and oxygen atoms in total. The molecule has 4 rings (SSSR count). The van der Waals surface area contributed by atoms with Crippen molar-refractivity contribution in [3.05, 3.63) is 70.0 Å². The topological polar surface area (TPSA) is 125 Å². The number of nitro benzene ring substituents is 1. The second-order valence-corrected chi connectivity index (χ2v) is 8.68. The molecule has 0 unspecified atom stereocenters. The van der Waals surface area contributed by atoms with Gasteiger partial charge in [0.2, 0.25) is 11.8 Å². The number of nitrogens with one attached hydrogen (secondary N) is 1. The molecule has 2 fully saturated rings. The van der Waals surface area contributed by atoms with Crippen LogP contribution in [0.3, 0.4) is 0 Å². The zero-order chi connectivity index (χ0) is 26.5. The largest absolute Gasteiger partial charge is 0.442 e. The molecular weight excluding hydrogens is 485 g/mol. The number of carbonyl (C=O) groups is 3. The van der Waals surface area contributed by atoms with Gasteiger partial charge in [-0.3, -0.25) is 24.6 Å². The number of hydrogen-bond acceptors (Lipinski definition) is 7. The summed E-state index contributed by atoms with van der Waals surface area (Å²) in [4.78, 5) is 50.9. The summed E-state index contributed by atoms with van der Waals surface area (Å²) in [5.41, 5.74) is 1.39. The minimum Gasteiger partial charge on any atom is -0.442 e. The second-order valence-electron chi connectivity index (χ2n) is 8.68. The van der Waals surface area contributed by atoms with Crippen molar-refractivity contribution >= 4 is 41.0 Å². The van der Waals surface area contributed by atoms with Crippen LogP contribution in [0.15, 0.2) is 48.5 Å². The number of ether oxygens (including phenoxy) is 1. The van der Waals surface area contributed by atoms with Gasteiger partial charge < -0.3 is 19.9 Å². The molecule has 0 aliphatic carbocycles. The predicted molar refractivity (Wildman–Crippen MR) is 134 cm³/mol. The number of piperazine rings is 1. The van der Waals surface area contributed by atoms with Gasteiger partial charge in [-0.2, -0.15) is 0 Å². The summed E-state index contributed by atoms with van der Waals surface area (Å²) in [6.45, 7) is 3.41. The van der Waals surface area contributed by atoms with E-state index in [4.69, 9.17) is 4.74 Å². The van der Waals surface area contributed by atoms with Crippen LogP contribution in [0, 0.1) is 15.9 Å². The van der Waals surface area contributed by atoms with Crippen LogP contribution in [0.5, 0.6) is 0 Å². The highest BCUT2D eigenvalue weighted by atomic mass is 19.1. The normalized spacial score (nSPS) is 17.7. The lowest BCUT2D eigenvalue weighted by Gasteiger charge is -2.36. The molecule has 2 aromatic carbocycles. The van der Waals surface area contributed by atoms with Gasteiger partial charge in [0.15, 0.2) is 0 Å². The molecule has 194 valence electrons. The van der Waals surface area contributed by atoms with Gasteiger partial charge in [0, 0.05) is 51.3 Å². The summed E-state index contributed by atoms with van der Waals surface area (Å²) in [5, 5.41) is 13.3. The maximum atomic E-state index is 15.0. The van der Waals surface area contributed by atoms with E-state index in [2.05, 4.69) is 5.32 Å². The van der Waals surface area contributed by atoms with E-state index in [1.54, 1.807) is 35.2 Å². The van der Waals surface area contributed by atoms with Crippen molar-refractivity contribution in [2.24, 2.45) is 0 Å². The maximum absolute atomic E-state index is 15.0. The monoisotopic (exact) mass is 511 g/mol. The molecule has 2 heterocycles. The highest BCUT2D eigenvalue weighted by Gasteiger charge is 2.33. The molecule has 2 aromatic rings. The first-order valence-corrected chi connectivity index (χ1v) is 11.7. The number of amides is 3. The SMILES string of the molecule is CC(=O)NC[C@H]1CN(c2ccc(N3CCN(C(=O)/C=C/c4ccc([N+](=O)[O-])cc4)CC3)c(F)c2)C(=O)O1. The van der Waals surface area contributed by atoms with Crippen molar-refractivity contribution in [2.45, 2.75) is 13.0 Å². The highest BCUT2D eigenvalue weighted by molar-refractivity contribution is 5.92. The fourth-order valence-corrected chi connectivity index (χ4v) is 4.16. The molecule has 0 spiro atoms. The molecule has 1 N–H and O–H groups in total. The Morgan fingerprint density at radius 1 is 1.16 bits per heavy atom. The molecule has 2 saturated heterocycles. The first-order chi connectivity index (χ1) is 17.7. The van der Waals surface area contributed by atoms with Crippen molar-refractivity contribution in [3.8, 4) is 0 Å². The lowest BCUT2D eigenvalue weighted by molar-refractivity contribution is -0.384. The van der Waals surface area contributed by atoms with Gasteiger partial charge in [-0.1, -0.05) is 0 Å². The number of non-ortho nitro benzene ring substituents is 1. The Labute approximate surface area is 212 Å². The smallest absolute Gasteiger partial charge is 0.414 e. The maximum Gasteiger partial charge on any atom is 0.414 e. The lowest BCUT2D eigenvalue weighted by Crippen LogP contribution is -2.48. The molecule has 2 aliphatic rings. The minimum atomic E-state index is -0.601. The van der Waals surface area contributed by atoms with Crippen molar-refractivity contribution in [2.75, 3.05) is 49.1 Å². The van der Waals surface area contributed by atoms with Gasteiger partial charge in [0.1, 0.15) is 11.9 Å². The third-order valence-corrected chi connectivity index (χ3v) is 6.15. The van der Waals surface area contributed by atoms with E-state index in [0.717, 1.165) is 0 Å². The van der Waals surface area contributed by atoms with Crippen LogP contribution in [0.1, 0.15) is 12.5 Å². The Kier molecular flexibility index (Phi) is 7.66. The number of nitro groups is 1. The molecule has 0 radical (unpaired) electrons. The number of carbonyl (C=O) groups excluding carboxylic acids is 3. The fraction of sp³-hybridized carbons (Fsp3) is 0.320. The molecule has 3 amide bonds. The van der Waals surface area contributed by atoms with E-state index < -0.39 is 22.9 Å². The summed E-state index contributed by atoms with van der Waals surface area (Å²) in [5.74, 6) is -0.921. The summed E-state index contributed by atoms with van der Waals surface area (Å²) in [6.07, 6.45) is 1.90. The summed E-state index contributed by atoms with van der Waals surface area (Å²) in [6, 6.07) is 10.4. The minimum absolute atomic E-state index is 0.0219. The average Bonchev–Trinajstić information content (AvgIpc) is 3.26. The Bertz CT molecular complexity index is 1230. The van der Waals surface area contributed by atoms with Crippen LogP contribution >= 0.6 is 0 Å². The number of nitrogens with zero attached hydrogens (tertiary/aromatic N) is 4. The fourth-order valence-electron chi connectivity index (χ4n) is 4.16. The number of cyclic esters (lactones) is 1. The van der Waals surface area contributed by atoms with Crippen molar-refractivity contribution < 1.29 is 28.4 Å². The van der Waals surface area contributed by atoms with Crippen molar-refractivity contribution in [1.29, 1.82) is 0 Å². The second kappa shape index (κ2) is 11.1. The van der Waals surface area contributed by atoms with E-state index in [-0.39, 0.29) is 30.6 Å². The van der Waals surface area contributed by atoms with Crippen LogP contribution < -0.4 is 15.1 Å². The lowest BCUT2D eigenvalue weighted by atomic mass is 10.2. The van der Waals surface area contributed by atoms with E-state index in [1.165, 1.54) is 36.1 Å². The number of anilines is 2. The van der Waals surface area contributed by atoms with Crippen LogP contribution in [-0.4, -0.2) is 73.1 Å². The van der Waals surface area contributed by atoms with E-state index in [0.29, 0.717) is 43.1 Å². The zero-order valence-electron chi connectivity index (χ0n) is 20.1. The number of rotatable bonds is 7. The van der Waals surface area contributed by atoms with E-state index in [1.807, 2.05) is 4.90 Å². The number of hydrogen-bond donors (Lipinski definition) is 1. The van der Waals surface area contributed by atoms with Crippen LogP contribution in [0.4, 0.5) is 26.2 Å². The summed E-state index contributed by atoms with van der Waals surface area (Å²) in [7, 11) is 0. The highest BCUT2D eigenvalue weighted by Crippen LogP contribution is 2.28. The molecule has 0 saturated carbocycles. The van der Waals surface area contributed by atoms with Crippen LogP contribution in [0.2, 0.25) is 0 Å². The average molecular weight is 512 g/mol. The first kappa shape index (κ1) is 25.6. The van der Waals surface area contributed by atoms with Gasteiger partial charge in [-0.05, 0) is 42.0 Å². The Morgan fingerprint density at radius 2 is 1.86 bits per heavy atom. The van der Waals surface area contributed by atoms with Gasteiger partial charge in [0.05, 0.1) is 29.4 Å². The van der Waals surface area contributed by atoms with Gasteiger partial charge >= 0.3 is 6.09 Å². The van der Waals surface area contributed by atoms with Crippen molar-refractivity contribution in [1.82, 2.24) is 10.2 Å². The van der Waals surface area contributed by atoms with E-state index >= 15 is 0 Å².